The van der Waals surface area contributed by atoms with Crippen LogP contribution in [0.25, 0.3) is 20.4 Å². The molecular weight excluding hydrogens is 1210 g/mol. The molecule has 2 fully saturated rings. The monoisotopic (exact) mass is 1260 g/mol. The number of sulfone groups is 2. The number of rotatable bonds is 18. The number of halogens is 10. The highest BCUT2D eigenvalue weighted by atomic mass is 32.2. The fourth-order valence-corrected chi connectivity index (χ4v) is 13.8. The van der Waals surface area contributed by atoms with E-state index in [9.17, 15) is 96.8 Å². The Bertz CT molecular complexity index is 3330. The first-order chi connectivity index (χ1) is 35.8. The van der Waals surface area contributed by atoms with Crippen LogP contribution in [0.3, 0.4) is 0 Å². The van der Waals surface area contributed by atoms with Gasteiger partial charge in [-0.25, -0.2) is 76.3 Å². The fraction of sp³-hybridized carbons (Fsp3) is 0.571. The molecule has 79 heavy (non-hydrogen) atoms. The summed E-state index contributed by atoms with van der Waals surface area (Å²) in [7, 11) is -17.5. The van der Waals surface area contributed by atoms with Gasteiger partial charge in [0.05, 0.1) is 74.9 Å². The van der Waals surface area contributed by atoms with Crippen molar-refractivity contribution in [1.29, 1.82) is 0 Å². The van der Waals surface area contributed by atoms with Gasteiger partial charge in [-0.3, -0.25) is 14.4 Å². The van der Waals surface area contributed by atoms with Crippen LogP contribution in [0.4, 0.5) is 43.9 Å². The number of ether oxygens (including phenoxy) is 1. The van der Waals surface area contributed by atoms with Crippen molar-refractivity contribution in [1.82, 2.24) is 30.8 Å². The number of benzene rings is 2. The SMILES string of the molecule is CC(C)(C)OC(=O)c1ccc2nc(C(C(=O)NCCS(N)(=O)=O)S(=O)(=O)CCC(F)(F)F)sc2c1.FC1(F)CCNC1.NS(=O)(=O)CCNC(=O)C(c1nc2ccc(C(=O)N3CCC(F)(F)C3)cc2s1)S(=O)(=O)CCC(F)(F)F. The maximum Gasteiger partial charge on any atom is 0.390 e. The number of sulfonamides is 2. The molecule has 2 unspecified atom stereocenters. The molecule has 2 aromatic heterocycles. The largest absolute Gasteiger partial charge is 0.456 e. The number of hydrogen-bond donors (Lipinski definition) is 5. The van der Waals surface area contributed by atoms with Gasteiger partial charge in [-0.1, -0.05) is 0 Å². The normalized spacial score (nSPS) is 16.8. The van der Waals surface area contributed by atoms with Gasteiger partial charge >= 0.3 is 18.3 Å². The first-order valence-electron chi connectivity index (χ1n) is 22.8. The van der Waals surface area contributed by atoms with Crippen molar-refractivity contribution in [2.75, 3.05) is 62.3 Å². The standard InChI is InChI=1S/C19H21F5N4O6S3.C19H24F3N3O7S3.C4H7F2N/c20-18(21)3-6-28(10-18)17(30)11-1-2-12-13(9-11)35-16(27-12)14(15(29)26-5-8-37(25,33)34)36(31,32)7-4-19(22,23)24;1-18(2,3)32-17(27)11-4-5-12-13(10-11)33-16(25-12)14(15(26)24-7-9-35(23,30)31)34(28,29)8-6-19(20,21)22;5-4(6)1-2-7-3-4/h1-2,9,14H,3-8,10H2,(H,26,29)(H2,25,33,34);4-5,10,14H,6-9H2,1-3H3,(H,24,26)(H2,23,30,31);7H,1-3H2. The maximum absolute atomic E-state index is 13.5. The van der Waals surface area contributed by atoms with Crippen LogP contribution in [0.2, 0.25) is 0 Å². The second-order valence-corrected chi connectivity index (χ2v) is 28.6. The summed E-state index contributed by atoms with van der Waals surface area (Å²) in [5, 5.41) is 11.3. The third kappa shape index (κ3) is 21.8. The van der Waals surface area contributed by atoms with Crippen molar-refractivity contribution in [2.45, 2.75) is 86.8 Å². The number of fused-ring (bicyclic) bond motifs is 2. The number of amides is 3. The van der Waals surface area contributed by atoms with E-state index in [-0.39, 0.29) is 56.1 Å². The third-order valence-corrected chi connectivity index (χ3v) is 18.4. The van der Waals surface area contributed by atoms with Gasteiger partial charge in [0.25, 0.3) is 17.8 Å². The van der Waals surface area contributed by atoms with Crippen molar-refractivity contribution in [3.63, 3.8) is 0 Å². The molecule has 0 aliphatic carbocycles. The molecule has 0 radical (unpaired) electrons. The highest BCUT2D eigenvalue weighted by Gasteiger charge is 2.43. The number of hydrogen-bond acceptors (Lipinski definition) is 18. The molecule has 2 aromatic carbocycles. The molecule has 4 aromatic rings. The topological polar surface area (TPSA) is 331 Å². The van der Waals surface area contributed by atoms with Crippen LogP contribution < -0.4 is 26.2 Å². The zero-order chi connectivity index (χ0) is 60.0. The lowest BCUT2D eigenvalue weighted by atomic mass is 10.1. The van der Waals surface area contributed by atoms with E-state index in [0.29, 0.717) is 29.2 Å². The first kappa shape index (κ1) is 66.6. The van der Waals surface area contributed by atoms with Crippen molar-refractivity contribution >= 4 is 107 Å². The summed E-state index contributed by atoms with van der Waals surface area (Å²) in [4.78, 5) is 59.4. The third-order valence-electron chi connectivity index (χ3n) is 10.6. The molecule has 2 aliphatic rings. The van der Waals surface area contributed by atoms with E-state index in [4.69, 9.17) is 15.0 Å². The fourth-order valence-electron chi connectivity index (χ4n) is 6.86. The molecule has 0 spiro atoms. The minimum atomic E-state index is -4.84. The number of carbonyl (C=O) groups is 4. The number of nitrogens with one attached hydrogen (secondary N) is 3. The highest BCUT2D eigenvalue weighted by Crippen LogP contribution is 2.37. The Hall–Kier alpha value is -4.92. The molecule has 6 rings (SSSR count). The summed E-state index contributed by atoms with van der Waals surface area (Å²) in [6.07, 6.45) is -13.5. The molecule has 3 amide bonds. The number of aromatic nitrogens is 2. The zero-order valence-corrected chi connectivity index (χ0v) is 46.4. The van der Waals surface area contributed by atoms with Crippen LogP contribution in [0.1, 0.15) is 87.7 Å². The lowest BCUT2D eigenvalue weighted by Crippen LogP contribution is -2.38. The van der Waals surface area contributed by atoms with E-state index in [1.807, 2.05) is 5.32 Å². The Kier molecular flexibility index (Phi) is 21.5. The number of primary sulfonamides is 2. The van der Waals surface area contributed by atoms with Crippen LogP contribution in [-0.2, 0) is 54.0 Å². The van der Waals surface area contributed by atoms with Crippen molar-refractivity contribution in [2.24, 2.45) is 10.3 Å². The van der Waals surface area contributed by atoms with Crippen molar-refractivity contribution in [3.8, 4) is 0 Å². The van der Waals surface area contributed by atoms with Crippen LogP contribution in [0, 0.1) is 0 Å². The Labute approximate surface area is 453 Å². The zero-order valence-electron chi connectivity index (χ0n) is 41.6. The molecule has 4 heterocycles. The number of likely N-dealkylation sites (tertiary alicyclic amines) is 1. The Morgan fingerprint density at radius 3 is 1.46 bits per heavy atom. The van der Waals surface area contributed by atoms with Gasteiger partial charge in [-0.2, -0.15) is 26.3 Å². The van der Waals surface area contributed by atoms with Crippen LogP contribution >= 0.6 is 22.7 Å². The molecule has 2 saturated heterocycles. The van der Waals surface area contributed by atoms with Crippen molar-refractivity contribution < 1.29 is 101 Å². The maximum atomic E-state index is 13.5. The predicted molar refractivity (Wildman–Crippen MR) is 269 cm³/mol. The number of esters is 1. The quantitative estimate of drug-likeness (QED) is 0.0686. The van der Waals surface area contributed by atoms with E-state index in [0.717, 1.165) is 4.90 Å². The molecular formula is C42H52F10N8O13S6. The lowest BCUT2D eigenvalue weighted by molar-refractivity contribution is -0.130. The Morgan fingerprint density at radius 1 is 0.684 bits per heavy atom. The minimum absolute atomic E-state index is 0.00511. The van der Waals surface area contributed by atoms with Gasteiger partial charge < -0.3 is 25.6 Å². The summed E-state index contributed by atoms with van der Waals surface area (Å²) in [6.45, 7) is 3.23. The number of thiazole rings is 2. The summed E-state index contributed by atoms with van der Waals surface area (Å²) >= 11 is 1.31. The summed E-state index contributed by atoms with van der Waals surface area (Å²) in [6, 6.07) is 7.93. The van der Waals surface area contributed by atoms with Gasteiger partial charge in [0.2, 0.25) is 31.9 Å². The average Bonchev–Trinajstić information content (AvgIpc) is 4.08. The second kappa shape index (κ2) is 25.5. The minimum Gasteiger partial charge on any atom is -0.456 e. The van der Waals surface area contributed by atoms with Gasteiger partial charge in [-0.05, 0) is 57.2 Å². The summed E-state index contributed by atoms with van der Waals surface area (Å²) in [5.41, 5.74) is -0.356. The molecule has 7 N–H and O–H groups in total. The van der Waals surface area contributed by atoms with E-state index in [2.05, 4.69) is 20.6 Å². The molecule has 2 atom stereocenters. The molecule has 0 saturated carbocycles. The Morgan fingerprint density at radius 2 is 1.11 bits per heavy atom. The van der Waals surface area contributed by atoms with Crippen LogP contribution in [0.15, 0.2) is 36.4 Å². The molecule has 37 heteroatoms. The number of alkyl halides is 10. The van der Waals surface area contributed by atoms with Gasteiger partial charge in [0, 0.05) is 44.6 Å². The van der Waals surface area contributed by atoms with Gasteiger partial charge in [0.1, 0.15) is 15.6 Å². The summed E-state index contributed by atoms with van der Waals surface area (Å²) in [5.74, 6) is -13.7. The average molecular weight is 1260 g/mol. The van der Waals surface area contributed by atoms with E-state index < -0.39 is 171 Å². The molecule has 2 aliphatic heterocycles. The number of nitrogens with zero attached hydrogens (tertiary/aromatic N) is 3. The second-order valence-electron chi connectivity index (χ2n) is 18.6. The molecule has 21 nitrogen and oxygen atoms in total. The lowest BCUT2D eigenvalue weighted by Gasteiger charge is -2.19. The number of carbonyl (C=O) groups excluding carboxylic acids is 4. The summed E-state index contributed by atoms with van der Waals surface area (Å²) < 4.78 is 228. The Balaban J connectivity index is 0.000000302. The smallest absolute Gasteiger partial charge is 0.390 e. The van der Waals surface area contributed by atoms with Gasteiger partial charge in [0.15, 0.2) is 30.2 Å². The molecule has 444 valence electrons. The van der Waals surface area contributed by atoms with Crippen LogP contribution in [-0.4, -0.2) is 164 Å². The predicted octanol–water partition coefficient (Wildman–Crippen LogP) is 4.27. The highest BCUT2D eigenvalue weighted by molar-refractivity contribution is 7.92. The van der Waals surface area contributed by atoms with Crippen LogP contribution in [0.5, 0.6) is 0 Å². The number of nitrogens with two attached hydrogens (primary N) is 2. The van der Waals surface area contributed by atoms with E-state index in [1.54, 1.807) is 20.8 Å². The van der Waals surface area contributed by atoms with E-state index in [1.165, 1.54) is 36.4 Å². The van der Waals surface area contributed by atoms with E-state index >= 15 is 0 Å². The molecule has 0 bridgehead atoms. The van der Waals surface area contributed by atoms with Crippen molar-refractivity contribution in [3.05, 3.63) is 57.5 Å². The first-order valence-corrected chi connectivity index (χ1v) is 31.3. The van der Waals surface area contributed by atoms with Gasteiger partial charge in [-0.15, -0.1) is 22.7 Å².